The summed E-state index contributed by atoms with van der Waals surface area (Å²) in [6, 6.07) is 6.66. The number of hydrogen-bond acceptors (Lipinski definition) is 3. The van der Waals surface area contributed by atoms with Gasteiger partial charge in [0.25, 0.3) is 0 Å². The van der Waals surface area contributed by atoms with Crippen LogP contribution in [0, 0.1) is 12.7 Å². The van der Waals surface area contributed by atoms with Crippen LogP contribution in [0.15, 0.2) is 24.3 Å². The van der Waals surface area contributed by atoms with Gasteiger partial charge in [0.2, 0.25) is 0 Å². The zero-order chi connectivity index (χ0) is 14.2. The number of rotatable bonds is 2. The number of hydrogen-bond donors (Lipinski definition) is 3. The van der Waals surface area contributed by atoms with Crippen molar-refractivity contribution in [3.8, 4) is 0 Å². The zero-order valence-corrected chi connectivity index (χ0v) is 11.6. The number of aryl methyl sites for hydroxylation is 1. The molecule has 6 heteroatoms. The molecule has 0 atom stereocenters. The lowest BCUT2D eigenvalue weighted by molar-refractivity contribution is 0.633. The predicted molar refractivity (Wildman–Crippen MR) is 79.7 cm³/mol. The number of nitrogen functional groups attached to an aromatic ring is 2. The van der Waals surface area contributed by atoms with E-state index in [-0.39, 0.29) is 22.1 Å². The minimum absolute atomic E-state index is 0.0876. The van der Waals surface area contributed by atoms with Gasteiger partial charge in [-0.2, -0.15) is 0 Å². The molecule has 0 aliphatic rings. The molecule has 0 aromatic heterocycles. The summed E-state index contributed by atoms with van der Waals surface area (Å²) in [6.45, 7) is 1.87. The Kier molecular flexibility index (Phi) is 3.73. The number of benzene rings is 2. The van der Waals surface area contributed by atoms with Crippen LogP contribution in [0.5, 0.6) is 0 Å². The molecule has 0 heterocycles. The van der Waals surface area contributed by atoms with Gasteiger partial charge in [0.1, 0.15) is 5.02 Å². The first-order valence-electron chi connectivity index (χ1n) is 5.46. The molecule has 0 amide bonds. The fourth-order valence-corrected chi connectivity index (χ4v) is 1.98. The fraction of sp³-hybridized carbons (Fsp3) is 0.0769. The smallest absolute Gasteiger partial charge is 0.169 e. The molecule has 19 heavy (non-hydrogen) atoms. The van der Waals surface area contributed by atoms with Crippen molar-refractivity contribution in [2.75, 3.05) is 16.8 Å². The van der Waals surface area contributed by atoms with E-state index in [1.807, 2.05) is 13.0 Å². The number of halogens is 3. The first-order valence-corrected chi connectivity index (χ1v) is 6.22. The Morgan fingerprint density at radius 3 is 2.47 bits per heavy atom. The molecule has 3 nitrogen and oxygen atoms in total. The van der Waals surface area contributed by atoms with Crippen LogP contribution < -0.4 is 16.8 Å². The van der Waals surface area contributed by atoms with E-state index in [0.717, 1.165) is 5.56 Å². The highest BCUT2D eigenvalue weighted by Crippen LogP contribution is 2.36. The van der Waals surface area contributed by atoms with E-state index in [1.165, 1.54) is 6.07 Å². The molecule has 0 bridgehead atoms. The molecule has 2 aromatic rings. The summed E-state index contributed by atoms with van der Waals surface area (Å²) in [7, 11) is 0. The van der Waals surface area contributed by atoms with E-state index in [2.05, 4.69) is 5.32 Å². The van der Waals surface area contributed by atoms with Gasteiger partial charge in [-0.3, -0.25) is 0 Å². The minimum atomic E-state index is -0.682. The van der Waals surface area contributed by atoms with Gasteiger partial charge < -0.3 is 16.8 Å². The summed E-state index contributed by atoms with van der Waals surface area (Å²) in [5, 5.41) is 3.27. The Hall–Kier alpha value is -1.65. The Morgan fingerprint density at radius 1 is 1.11 bits per heavy atom. The Bertz CT molecular complexity index is 644. The van der Waals surface area contributed by atoms with Gasteiger partial charge in [0.05, 0.1) is 17.1 Å². The van der Waals surface area contributed by atoms with Crippen LogP contribution in [0.3, 0.4) is 0 Å². The lowest BCUT2D eigenvalue weighted by atomic mass is 10.1. The molecular formula is C13H12Cl2FN3. The van der Waals surface area contributed by atoms with Gasteiger partial charge in [0.15, 0.2) is 5.82 Å². The molecule has 5 N–H and O–H groups in total. The van der Waals surface area contributed by atoms with Gasteiger partial charge in [-0.25, -0.2) is 4.39 Å². The summed E-state index contributed by atoms with van der Waals surface area (Å²) in [6.07, 6.45) is 0. The van der Waals surface area contributed by atoms with Crippen LogP contribution in [-0.2, 0) is 0 Å². The average molecular weight is 300 g/mol. The molecular weight excluding hydrogens is 288 g/mol. The zero-order valence-electron chi connectivity index (χ0n) is 10.1. The van der Waals surface area contributed by atoms with Crippen molar-refractivity contribution in [3.63, 3.8) is 0 Å². The van der Waals surface area contributed by atoms with Crippen molar-refractivity contribution in [1.82, 2.24) is 0 Å². The van der Waals surface area contributed by atoms with E-state index < -0.39 is 5.82 Å². The van der Waals surface area contributed by atoms with E-state index in [1.54, 1.807) is 12.1 Å². The summed E-state index contributed by atoms with van der Waals surface area (Å²) in [5.41, 5.74) is 13.2. The second kappa shape index (κ2) is 5.15. The van der Waals surface area contributed by atoms with Gasteiger partial charge in [-0.15, -0.1) is 0 Å². The van der Waals surface area contributed by atoms with Crippen molar-refractivity contribution >= 4 is 46.0 Å². The number of nitrogens with two attached hydrogens (primary N) is 2. The lowest BCUT2D eigenvalue weighted by Crippen LogP contribution is -2.03. The van der Waals surface area contributed by atoms with Crippen molar-refractivity contribution in [2.45, 2.75) is 6.92 Å². The molecule has 2 rings (SSSR count). The predicted octanol–water partition coefficient (Wildman–Crippen LogP) is 4.35. The van der Waals surface area contributed by atoms with E-state index >= 15 is 0 Å². The van der Waals surface area contributed by atoms with Gasteiger partial charge in [0, 0.05) is 10.7 Å². The second-order valence-electron chi connectivity index (χ2n) is 4.14. The largest absolute Gasteiger partial charge is 0.397 e. The van der Waals surface area contributed by atoms with Crippen LogP contribution in [0.1, 0.15) is 5.56 Å². The molecule has 0 aliphatic heterocycles. The maximum atomic E-state index is 14.1. The Balaban J connectivity index is 2.49. The lowest BCUT2D eigenvalue weighted by Gasteiger charge is -2.14. The molecule has 0 radical (unpaired) electrons. The van der Waals surface area contributed by atoms with Gasteiger partial charge in [-0.05, 0) is 30.7 Å². The molecule has 0 unspecified atom stereocenters. The fourth-order valence-electron chi connectivity index (χ4n) is 1.66. The van der Waals surface area contributed by atoms with Crippen LogP contribution in [0.2, 0.25) is 10.0 Å². The topological polar surface area (TPSA) is 64.1 Å². The maximum absolute atomic E-state index is 14.1. The SMILES string of the molecule is Cc1ccc(Cl)cc1Nc1c(N)cc(N)c(Cl)c1F. The summed E-state index contributed by atoms with van der Waals surface area (Å²) in [5.74, 6) is -0.682. The van der Waals surface area contributed by atoms with E-state index in [4.69, 9.17) is 34.7 Å². The molecule has 0 fully saturated rings. The summed E-state index contributed by atoms with van der Waals surface area (Å²) >= 11 is 11.7. The van der Waals surface area contributed by atoms with E-state index in [0.29, 0.717) is 10.7 Å². The Morgan fingerprint density at radius 2 is 1.79 bits per heavy atom. The monoisotopic (exact) mass is 299 g/mol. The summed E-state index contributed by atoms with van der Waals surface area (Å²) in [4.78, 5) is 0. The highest BCUT2D eigenvalue weighted by atomic mass is 35.5. The third kappa shape index (κ3) is 2.69. The highest BCUT2D eigenvalue weighted by Gasteiger charge is 2.15. The number of nitrogens with one attached hydrogen (secondary N) is 1. The van der Waals surface area contributed by atoms with Crippen LogP contribution in [0.4, 0.5) is 27.1 Å². The van der Waals surface area contributed by atoms with E-state index in [9.17, 15) is 4.39 Å². The van der Waals surface area contributed by atoms with Crippen molar-refractivity contribution in [3.05, 3.63) is 45.7 Å². The molecule has 0 spiro atoms. The third-order valence-corrected chi connectivity index (χ3v) is 3.34. The van der Waals surface area contributed by atoms with Crippen molar-refractivity contribution in [2.24, 2.45) is 0 Å². The highest BCUT2D eigenvalue weighted by molar-refractivity contribution is 6.33. The first-order chi connectivity index (χ1) is 8.90. The molecule has 0 saturated carbocycles. The standard InChI is InChI=1S/C13H12Cl2FN3/c1-6-2-3-7(14)4-10(6)19-13-9(18)5-8(17)11(15)12(13)16/h2-5,19H,17-18H2,1H3. The maximum Gasteiger partial charge on any atom is 0.169 e. The molecule has 100 valence electrons. The van der Waals surface area contributed by atoms with Gasteiger partial charge in [-0.1, -0.05) is 29.3 Å². The number of anilines is 4. The molecule has 0 saturated heterocycles. The van der Waals surface area contributed by atoms with Crippen LogP contribution in [-0.4, -0.2) is 0 Å². The van der Waals surface area contributed by atoms with Crippen molar-refractivity contribution < 1.29 is 4.39 Å². The second-order valence-corrected chi connectivity index (χ2v) is 4.96. The minimum Gasteiger partial charge on any atom is -0.397 e. The van der Waals surface area contributed by atoms with Crippen LogP contribution >= 0.6 is 23.2 Å². The Labute approximate surface area is 120 Å². The molecule has 0 aliphatic carbocycles. The molecule has 2 aromatic carbocycles. The average Bonchev–Trinajstić information content (AvgIpc) is 2.36. The van der Waals surface area contributed by atoms with Gasteiger partial charge >= 0.3 is 0 Å². The first kappa shape index (κ1) is 13.8. The van der Waals surface area contributed by atoms with Crippen LogP contribution in [0.25, 0.3) is 0 Å². The van der Waals surface area contributed by atoms with Crippen molar-refractivity contribution in [1.29, 1.82) is 0 Å². The summed E-state index contributed by atoms with van der Waals surface area (Å²) < 4.78 is 14.1. The quantitative estimate of drug-likeness (QED) is 0.722. The normalized spacial score (nSPS) is 10.5. The third-order valence-electron chi connectivity index (χ3n) is 2.72.